The van der Waals surface area contributed by atoms with Crippen molar-refractivity contribution in [1.82, 2.24) is 9.80 Å². The van der Waals surface area contributed by atoms with E-state index in [4.69, 9.17) is 28.3 Å². The normalized spacial score (nSPS) is 12.0. The Labute approximate surface area is 196 Å². The van der Waals surface area contributed by atoms with E-state index in [1.165, 1.54) is 15.3 Å². The first-order valence-corrected chi connectivity index (χ1v) is 11.7. The first kappa shape index (κ1) is 25.1. The van der Waals surface area contributed by atoms with Crippen molar-refractivity contribution in [3.63, 3.8) is 0 Å². The molecule has 0 saturated heterocycles. The molecule has 0 saturated carbocycles. The van der Waals surface area contributed by atoms with Crippen molar-refractivity contribution in [3.8, 4) is 0 Å². The SMILES string of the molecule is Cc1ccc(CCN=C(N)N=C(N)N(C)Cc2cc(CCN(C)C(=N)N=C(N)N)cs2)s1. The van der Waals surface area contributed by atoms with E-state index in [2.05, 4.69) is 45.5 Å². The van der Waals surface area contributed by atoms with Gasteiger partial charge in [0.05, 0.1) is 6.54 Å². The molecule has 0 bridgehead atoms. The Kier molecular flexibility index (Phi) is 9.47. The lowest BCUT2D eigenvalue weighted by atomic mass is 10.2. The van der Waals surface area contributed by atoms with Gasteiger partial charge in [0.2, 0.25) is 11.9 Å². The molecule has 0 fully saturated rings. The lowest BCUT2D eigenvalue weighted by Crippen LogP contribution is -2.35. The number of aryl methyl sites for hydroxylation is 1. The first-order chi connectivity index (χ1) is 15.1. The third-order valence-electron chi connectivity index (χ3n) is 4.48. The highest BCUT2D eigenvalue weighted by molar-refractivity contribution is 7.11. The number of nitrogens with zero attached hydrogens (tertiary/aromatic N) is 5. The summed E-state index contributed by atoms with van der Waals surface area (Å²) in [6, 6.07) is 6.33. The lowest BCUT2D eigenvalue weighted by molar-refractivity contribution is 0.496. The Bertz CT molecular complexity index is 984. The molecule has 0 amide bonds. The van der Waals surface area contributed by atoms with E-state index in [0.29, 0.717) is 25.6 Å². The number of thiophene rings is 2. The fraction of sp³-hybridized carbons (Fsp3) is 0.400. The summed E-state index contributed by atoms with van der Waals surface area (Å²) in [4.78, 5) is 19.5. The van der Waals surface area contributed by atoms with Crippen LogP contribution in [-0.4, -0.2) is 60.8 Å². The second kappa shape index (κ2) is 12.1. The van der Waals surface area contributed by atoms with Gasteiger partial charge in [0.1, 0.15) is 0 Å². The minimum absolute atomic E-state index is 0.0360. The molecule has 10 nitrogen and oxygen atoms in total. The molecular weight excluding hydrogens is 444 g/mol. The Hall–Kier alpha value is -3.12. The predicted octanol–water partition coefficient (Wildman–Crippen LogP) is 1.10. The lowest BCUT2D eigenvalue weighted by Gasteiger charge is -2.17. The minimum atomic E-state index is -0.120. The Balaban J connectivity index is 1.83. The summed E-state index contributed by atoms with van der Waals surface area (Å²) in [5.74, 6) is 0.415. The zero-order valence-electron chi connectivity index (χ0n) is 18.7. The van der Waals surface area contributed by atoms with Crippen LogP contribution in [0.15, 0.2) is 38.6 Å². The monoisotopic (exact) mass is 476 g/mol. The van der Waals surface area contributed by atoms with E-state index in [1.54, 1.807) is 34.6 Å². The number of aliphatic imine (C=N–C) groups is 3. The number of likely N-dealkylation sites (N-methyl/N-ethyl adjacent to an activating group) is 1. The van der Waals surface area contributed by atoms with E-state index in [-0.39, 0.29) is 17.9 Å². The fourth-order valence-electron chi connectivity index (χ4n) is 2.70. The molecule has 0 radical (unpaired) electrons. The summed E-state index contributed by atoms with van der Waals surface area (Å²) in [6.07, 6.45) is 1.61. The van der Waals surface area contributed by atoms with E-state index in [0.717, 1.165) is 17.7 Å². The summed E-state index contributed by atoms with van der Waals surface area (Å²) in [6.45, 7) is 3.91. The second-order valence-corrected chi connectivity index (χ2v) is 9.65. The molecule has 2 rings (SSSR count). The van der Waals surface area contributed by atoms with Crippen molar-refractivity contribution >= 4 is 46.5 Å². The van der Waals surface area contributed by atoms with Gasteiger partial charge in [-0.25, -0.2) is 0 Å². The van der Waals surface area contributed by atoms with Gasteiger partial charge in [0.15, 0.2) is 11.9 Å². The number of rotatable bonds is 8. The largest absolute Gasteiger partial charge is 0.370 e. The van der Waals surface area contributed by atoms with Crippen molar-refractivity contribution in [3.05, 3.63) is 43.8 Å². The van der Waals surface area contributed by atoms with Crippen LogP contribution in [0.4, 0.5) is 0 Å². The molecule has 2 aromatic rings. The van der Waals surface area contributed by atoms with Crippen molar-refractivity contribution in [2.45, 2.75) is 26.3 Å². The standard InChI is InChI=1S/C20H32N10S2/c1-13-4-5-15(32-13)6-8-26-18(23)28-20(25)30(3)11-16-10-14(12-31-16)7-9-29(2)19(24)27-17(21)22/h4-5,10,12H,6-9,11H2,1-3H3,(H5,21,22,24,27)(H4,23,25,26,28). The van der Waals surface area contributed by atoms with E-state index < -0.39 is 0 Å². The number of nitrogens with two attached hydrogens (primary N) is 4. The van der Waals surface area contributed by atoms with Crippen molar-refractivity contribution in [2.75, 3.05) is 27.2 Å². The minimum Gasteiger partial charge on any atom is -0.370 e. The first-order valence-electron chi connectivity index (χ1n) is 10.00. The molecule has 0 aliphatic carbocycles. The zero-order valence-corrected chi connectivity index (χ0v) is 20.3. The zero-order chi connectivity index (χ0) is 23.7. The highest BCUT2D eigenvalue weighted by Crippen LogP contribution is 2.17. The Morgan fingerprint density at radius 1 is 1.03 bits per heavy atom. The number of nitrogens with one attached hydrogen (secondary N) is 1. The average molecular weight is 477 g/mol. The van der Waals surface area contributed by atoms with Gasteiger partial charge in [0, 0.05) is 48.2 Å². The number of hydrogen-bond acceptors (Lipinski definition) is 4. The number of guanidine groups is 4. The van der Waals surface area contributed by atoms with Crippen LogP contribution < -0.4 is 22.9 Å². The van der Waals surface area contributed by atoms with Crippen LogP contribution in [0.25, 0.3) is 0 Å². The summed E-state index contributed by atoms with van der Waals surface area (Å²) in [7, 11) is 3.64. The molecule has 0 aromatic carbocycles. The van der Waals surface area contributed by atoms with Gasteiger partial charge >= 0.3 is 0 Å². The van der Waals surface area contributed by atoms with Crippen molar-refractivity contribution in [1.29, 1.82) is 5.41 Å². The van der Waals surface area contributed by atoms with Crippen LogP contribution in [0.3, 0.4) is 0 Å². The molecule has 12 heteroatoms. The smallest absolute Gasteiger partial charge is 0.220 e. The maximum Gasteiger partial charge on any atom is 0.220 e. The maximum atomic E-state index is 7.81. The van der Waals surface area contributed by atoms with Gasteiger partial charge < -0.3 is 32.7 Å². The van der Waals surface area contributed by atoms with Gasteiger partial charge in [-0.05, 0) is 42.5 Å². The molecule has 9 N–H and O–H groups in total. The molecule has 0 aliphatic rings. The molecule has 0 aliphatic heterocycles. The topological polar surface area (TPSA) is 171 Å². The quantitative estimate of drug-likeness (QED) is 0.282. The highest BCUT2D eigenvalue weighted by Gasteiger charge is 2.09. The molecule has 2 aromatic heterocycles. The van der Waals surface area contributed by atoms with Crippen LogP contribution in [0.2, 0.25) is 0 Å². The summed E-state index contributed by atoms with van der Waals surface area (Å²) in [5, 5.41) is 9.90. The van der Waals surface area contributed by atoms with E-state index in [9.17, 15) is 0 Å². The van der Waals surface area contributed by atoms with Crippen LogP contribution >= 0.6 is 22.7 Å². The van der Waals surface area contributed by atoms with Gasteiger partial charge in [-0.3, -0.25) is 10.4 Å². The van der Waals surface area contributed by atoms with Gasteiger partial charge in [0.25, 0.3) is 0 Å². The molecule has 0 spiro atoms. The summed E-state index contributed by atoms with van der Waals surface area (Å²) >= 11 is 3.41. The Morgan fingerprint density at radius 2 is 1.78 bits per heavy atom. The second-order valence-electron chi connectivity index (χ2n) is 7.28. The molecular formula is C20H32N10S2. The van der Waals surface area contributed by atoms with Crippen LogP contribution in [-0.2, 0) is 19.4 Å². The molecule has 0 atom stereocenters. The van der Waals surface area contributed by atoms with Crippen LogP contribution in [0.5, 0.6) is 0 Å². The molecule has 32 heavy (non-hydrogen) atoms. The average Bonchev–Trinajstić information content (AvgIpc) is 3.34. The number of hydrogen-bond donors (Lipinski definition) is 5. The van der Waals surface area contributed by atoms with Gasteiger partial charge in [-0.15, -0.1) is 22.7 Å². The van der Waals surface area contributed by atoms with E-state index in [1.807, 2.05) is 11.9 Å². The predicted molar refractivity (Wildman–Crippen MR) is 137 cm³/mol. The Morgan fingerprint density at radius 3 is 2.44 bits per heavy atom. The maximum absolute atomic E-state index is 7.81. The van der Waals surface area contributed by atoms with Crippen LogP contribution in [0, 0.1) is 12.3 Å². The summed E-state index contributed by atoms with van der Waals surface area (Å²) < 4.78 is 0. The van der Waals surface area contributed by atoms with Gasteiger partial charge in [-0.1, -0.05) is 0 Å². The van der Waals surface area contributed by atoms with E-state index >= 15 is 0 Å². The molecule has 174 valence electrons. The molecule has 0 unspecified atom stereocenters. The summed E-state index contributed by atoms with van der Waals surface area (Å²) in [5.41, 5.74) is 23.8. The van der Waals surface area contributed by atoms with Crippen molar-refractivity contribution in [2.24, 2.45) is 37.9 Å². The van der Waals surface area contributed by atoms with Crippen molar-refractivity contribution < 1.29 is 0 Å². The fourth-order valence-corrected chi connectivity index (χ4v) is 4.56. The third kappa shape index (κ3) is 8.55. The highest BCUT2D eigenvalue weighted by atomic mass is 32.1. The molecule has 2 heterocycles. The van der Waals surface area contributed by atoms with Gasteiger partial charge in [-0.2, -0.15) is 9.98 Å². The third-order valence-corrected chi connectivity index (χ3v) is 6.51. The van der Waals surface area contributed by atoms with Crippen LogP contribution in [0.1, 0.15) is 20.2 Å².